The van der Waals surface area contributed by atoms with E-state index in [1.54, 1.807) is 29.2 Å². The van der Waals surface area contributed by atoms with E-state index in [4.69, 9.17) is 4.52 Å². The summed E-state index contributed by atoms with van der Waals surface area (Å²) in [6, 6.07) is 14.6. The molecule has 1 atom stereocenters. The molecule has 0 aliphatic carbocycles. The molecule has 0 unspecified atom stereocenters. The van der Waals surface area contributed by atoms with Crippen molar-refractivity contribution < 1.29 is 14.1 Å². The highest BCUT2D eigenvalue weighted by atomic mass is 16.5. The van der Waals surface area contributed by atoms with Crippen LogP contribution in [0.25, 0.3) is 11.4 Å². The zero-order valence-electron chi connectivity index (χ0n) is 16.4. The van der Waals surface area contributed by atoms with Gasteiger partial charge in [0.25, 0.3) is 5.91 Å². The van der Waals surface area contributed by atoms with Crippen molar-refractivity contribution >= 4 is 17.5 Å². The Bertz CT molecular complexity index is 1040. The molecule has 2 amide bonds. The van der Waals surface area contributed by atoms with Crippen molar-refractivity contribution in [2.24, 2.45) is 0 Å². The quantitative estimate of drug-likeness (QED) is 0.728. The highest BCUT2D eigenvalue weighted by Crippen LogP contribution is 2.33. The molecule has 1 aromatic heterocycles. The molecule has 7 nitrogen and oxygen atoms in total. The molecule has 0 radical (unpaired) electrons. The van der Waals surface area contributed by atoms with Gasteiger partial charge in [-0.1, -0.05) is 41.1 Å². The molecule has 1 aliphatic rings. The molecule has 29 heavy (non-hydrogen) atoms. The largest absolute Gasteiger partial charge is 0.337 e. The normalized spacial score (nSPS) is 16.1. The summed E-state index contributed by atoms with van der Waals surface area (Å²) in [5.41, 5.74) is 3.15. The Hall–Kier alpha value is -3.48. The van der Waals surface area contributed by atoms with Crippen LogP contribution < -0.4 is 5.32 Å². The topological polar surface area (TPSA) is 88.3 Å². The molecular weight excluding hydrogens is 368 g/mol. The van der Waals surface area contributed by atoms with E-state index in [0.717, 1.165) is 24.0 Å². The van der Waals surface area contributed by atoms with Gasteiger partial charge in [0.2, 0.25) is 17.6 Å². The van der Waals surface area contributed by atoms with Crippen LogP contribution in [0.2, 0.25) is 0 Å². The molecule has 0 bridgehead atoms. The van der Waals surface area contributed by atoms with E-state index in [-0.39, 0.29) is 17.9 Å². The summed E-state index contributed by atoms with van der Waals surface area (Å²) in [6.07, 6.45) is 1.64. The Morgan fingerprint density at radius 2 is 1.97 bits per heavy atom. The molecule has 7 heteroatoms. The molecule has 2 aromatic carbocycles. The summed E-state index contributed by atoms with van der Waals surface area (Å²) >= 11 is 0. The summed E-state index contributed by atoms with van der Waals surface area (Å²) in [7, 11) is 0. The van der Waals surface area contributed by atoms with Crippen LogP contribution in [-0.4, -0.2) is 33.4 Å². The molecule has 2 heterocycles. The average Bonchev–Trinajstić information content (AvgIpc) is 3.37. The first kappa shape index (κ1) is 18.9. The van der Waals surface area contributed by atoms with Gasteiger partial charge >= 0.3 is 0 Å². The summed E-state index contributed by atoms with van der Waals surface area (Å²) < 4.78 is 5.51. The first-order valence-electron chi connectivity index (χ1n) is 9.60. The molecule has 148 valence electrons. The number of amides is 2. The van der Waals surface area contributed by atoms with Crippen molar-refractivity contribution in [3.05, 3.63) is 65.5 Å². The number of aromatic nitrogens is 2. The summed E-state index contributed by atoms with van der Waals surface area (Å²) in [6.45, 7) is 4.08. The number of nitrogens with zero attached hydrogens (tertiary/aromatic N) is 3. The number of carbonyl (C=O) groups excluding carboxylic acids is 2. The Morgan fingerprint density at radius 1 is 1.17 bits per heavy atom. The number of rotatable bonds is 4. The monoisotopic (exact) mass is 390 g/mol. The Kier molecular flexibility index (Phi) is 5.12. The number of likely N-dealkylation sites (tertiary alicyclic amines) is 1. The van der Waals surface area contributed by atoms with Crippen LogP contribution >= 0.6 is 0 Å². The van der Waals surface area contributed by atoms with Crippen molar-refractivity contribution in [3.8, 4) is 11.4 Å². The van der Waals surface area contributed by atoms with Gasteiger partial charge in [0.1, 0.15) is 6.04 Å². The highest BCUT2D eigenvalue weighted by Gasteiger charge is 2.34. The molecule has 0 saturated carbocycles. The SMILES string of the molecule is CC(=O)Nc1cccc(C(=O)N2CCC[C@H]2c2nc(-c3ccc(C)cc3)no2)c1. The number of aryl methyl sites for hydroxylation is 1. The van der Waals surface area contributed by atoms with E-state index in [1.165, 1.54) is 6.92 Å². The summed E-state index contributed by atoms with van der Waals surface area (Å²) in [4.78, 5) is 30.7. The van der Waals surface area contributed by atoms with Crippen LogP contribution in [0, 0.1) is 6.92 Å². The second kappa shape index (κ2) is 7.87. The molecule has 1 fully saturated rings. The number of hydrogen-bond acceptors (Lipinski definition) is 5. The van der Waals surface area contributed by atoms with Crippen LogP contribution in [0.1, 0.15) is 47.6 Å². The lowest BCUT2D eigenvalue weighted by molar-refractivity contribution is -0.114. The summed E-state index contributed by atoms with van der Waals surface area (Å²) in [5.74, 6) is 0.675. The maximum Gasteiger partial charge on any atom is 0.254 e. The number of hydrogen-bond donors (Lipinski definition) is 1. The second-order valence-corrected chi connectivity index (χ2v) is 7.24. The van der Waals surface area contributed by atoms with E-state index >= 15 is 0 Å². The Labute approximate surface area is 168 Å². The zero-order chi connectivity index (χ0) is 20.4. The third-order valence-electron chi connectivity index (χ3n) is 4.98. The fourth-order valence-electron chi connectivity index (χ4n) is 3.56. The molecule has 1 aliphatic heterocycles. The van der Waals surface area contributed by atoms with E-state index < -0.39 is 0 Å². The van der Waals surface area contributed by atoms with Crippen molar-refractivity contribution in [3.63, 3.8) is 0 Å². The third kappa shape index (κ3) is 4.03. The lowest BCUT2D eigenvalue weighted by Gasteiger charge is -2.22. The zero-order valence-corrected chi connectivity index (χ0v) is 16.4. The Morgan fingerprint density at radius 3 is 2.72 bits per heavy atom. The van der Waals surface area contributed by atoms with Gasteiger partial charge in [-0.05, 0) is 38.0 Å². The fraction of sp³-hybridized carbons (Fsp3) is 0.273. The van der Waals surface area contributed by atoms with E-state index in [2.05, 4.69) is 15.5 Å². The van der Waals surface area contributed by atoms with Crippen LogP contribution in [0.15, 0.2) is 53.1 Å². The third-order valence-corrected chi connectivity index (χ3v) is 4.98. The van der Waals surface area contributed by atoms with Gasteiger partial charge in [-0.3, -0.25) is 9.59 Å². The molecule has 1 saturated heterocycles. The Balaban J connectivity index is 1.56. The molecule has 0 spiro atoms. The smallest absolute Gasteiger partial charge is 0.254 e. The first-order chi connectivity index (χ1) is 14.0. The molecular formula is C22H22N4O3. The maximum absolute atomic E-state index is 13.1. The second-order valence-electron chi connectivity index (χ2n) is 7.24. The molecule has 1 N–H and O–H groups in total. The van der Waals surface area contributed by atoms with Gasteiger partial charge in [-0.25, -0.2) is 0 Å². The predicted octanol–water partition coefficient (Wildman–Crippen LogP) is 3.98. The standard InChI is InChI=1S/C22H22N4O3/c1-14-8-10-16(11-9-14)20-24-21(29-25-20)19-7-4-12-26(19)22(28)17-5-3-6-18(13-17)23-15(2)27/h3,5-6,8-11,13,19H,4,7,12H2,1-2H3,(H,23,27)/t19-/m0/s1. The van der Waals surface area contributed by atoms with Crippen molar-refractivity contribution in [2.75, 3.05) is 11.9 Å². The molecule has 4 rings (SSSR count). The van der Waals surface area contributed by atoms with E-state index in [0.29, 0.717) is 29.5 Å². The van der Waals surface area contributed by atoms with Crippen LogP contribution in [0.4, 0.5) is 5.69 Å². The fourth-order valence-corrected chi connectivity index (χ4v) is 3.56. The minimum Gasteiger partial charge on any atom is -0.337 e. The van der Waals surface area contributed by atoms with Crippen molar-refractivity contribution in [1.82, 2.24) is 15.0 Å². The minimum absolute atomic E-state index is 0.116. The van der Waals surface area contributed by atoms with Crippen molar-refractivity contribution in [1.29, 1.82) is 0 Å². The number of benzene rings is 2. The lowest BCUT2D eigenvalue weighted by Crippen LogP contribution is -2.30. The van der Waals surface area contributed by atoms with Gasteiger partial charge in [-0.15, -0.1) is 0 Å². The number of carbonyl (C=O) groups is 2. The van der Waals surface area contributed by atoms with Gasteiger partial charge < -0.3 is 14.7 Å². The number of nitrogens with one attached hydrogen (secondary N) is 1. The highest BCUT2D eigenvalue weighted by molar-refractivity contribution is 5.97. The van der Waals surface area contributed by atoms with E-state index in [9.17, 15) is 9.59 Å². The van der Waals surface area contributed by atoms with E-state index in [1.807, 2.05) is 31.2 Å². The van der Waals surface area contributed by atoms with Crippen LogP contribution in [0.5, 0.6) is 0 Å². The predicted molar refractivity (Wildman–Crippen MR) is 108 cm³/mol. The van der Waals surface area contributed by atoms with Crippen molar-refractivity contribution in [2.45, 2.75) is 32.7 Å². The van der Waals surface area contributed by atoms with Gasteiger partial charge in [0, 0.05) is 30.3 Å². The maximum atomic E-state index is 13.1. The summed E-state index contributed by atoms with van der Waals surface area (Å²) in [5, 5.41) is 6.81. The van der Waals surface area contributed by atoms with Gasteiger partial charge in [-0.2, -0.15) is 4.98 Å². The van der Waals surface area contributed by atoms with Crippen LogP contribution in [-0.2, 0) is 4.79 Å². The lowest BCUT2D eigenvalue weighted by atomic mass is 10.1. The van der Waals surface area contributed by atoms with Crippen LogP contribution in [0.3, 0.4) is 0 Å². The first-order valence-corrected chi connectivity index (χ1v) is 9.60. The average molecular weight is 390 g/mol. The minimum atomic E-state index is -0.251. The number of anilines is 1. The van der Waals surface area contributed by atoms with Gasteiger partial charge in [0.15, 0.2) is 0 Å². The van der Waals surface area contributed by atoms with Gasteiger partial charge in [0.05, 0.1) is 0 Å². The molecule has 3 aromatic rings.